The molecular formula is C13H20ClN3O2. The van der Waals surface area contributed by atoms with Crippen molar-refractivity contribution in [2.75, 3.05) is 18.5 Å². The molecule has 1 aliphatic rings. The molecular weight excluding hydrogens is 266 g/mol. The van der Waals surface area contributed by atoms with Gasteiger partial charge in [-0.3, -0.25) is 10.6 Å². The SMILES string of the molecule is Cl.NNc1cccc(CC(C(=O)O)[C@H]2CCNC2)c1. The number of aliphatic carboxylic acids is 1. The van der Waals surface area contributed by atoms with Gasteiger partial charge in [0.1, 0.15) is 0 Å². The Morgan fingerprint density at radius 2 is 2.37 bits per heavy atom. The van der Waals surface area contributed by atoms with Crippen LogP contribution < -0.4 is 16.6 Å². The minimum atomic E-state index is -0.713. The highest BCUT2D eigenvalue weighted by atomic mass is 35.5. The predicted octanol–water partition coefficient (Wildman–Crippen LogP) is 1.25. The summed E-state index contributed by atoms with van der Waals surface area (Å²) < 4.78 is 0. The van der Waals surface area contributed by atoms with Crippen LogP contribution >= 0.6 is 12.4 Å². The number of hydrazine groups is 1. The van der Waals surface area contributed by atoms with E-state index in [0.29, 0.717) is 6.42 Å². The average molecular weight is 286 g/mol. The molecule has 106 valence electrons. The molecule has 1 aliphatic heterocycles. The molecule has 6 heteroatoms. The number of carboxylic acid groups (broad SMARTS) is 1. The Bertz CT molecular complexity index is 422. The van der Waals surface area contributed by atoms with Crippen molar-refractivity contribution in [1.82, 2.24) is 5.32 Å². The van der Waals surface area contributed by atoms with Gasteiger partial charge in [-0.05, 0) is 49.5 Å². The van der Waals surface area contributed by atoms with Crippen molar-refractivity contribution in [2.24, 2.45) is 17.7 Å². The zero-order valence-electron chi connectivity index (χ0n) is 10.6. The van der Waals surface area contributed by atoms with Crippen LogP contribution in [0.2, 0.25) is 0 Å². The minimum Gasteiger partial charge on any atom is -0.481 e. The van der Waals surface area contributed by atoms with Gasteiger partial charge in [-0.2, -0.15) is 0 Å². The molecule has 2 rings (SSSR count). The van der Waals surface area contributed by atoms with Crippen LogP contribution in [-0.2, 0) is 11.2 Å². The van der Waals surface area contributed by atoms with Crippen molar-refractivity contribution >= 4 is 24.1 Å². The van der Waals surface area contributed by atoms with E-state index in [1.807, 2.05) is 24.3 Å². The molecule has 0 aliphatic carbocycles. The quantitative estimate of drug-likeness (QED) is 0.483. The van der Waals surface area contributed by atoms with Crippen molar-refractivity contribution < 1.29 is 9.90 Å². The number of nitrogens with two attached hydrogens (primary N) is 1. The van der Waals surface area contributed by atoms with Gasteiger partial charge in [0.05, 0.1) is 5.92 Å². The second kappa shape index (κ2) is 7.33. The highest BCUT2D eigenvalue weighted by molar-refractivity contribution is 5.85. The largest absolute Gasteiger partial charge is 0.481 e. The van der Waals surface area contributed by atoms with Crippen LogP contribution in [0.3, 0.4) is 0 Å². The summed E-state index contributed by atoms with van der Waals surface area (Å²) in [5.74, 6) is 4.54. The number of anilines is 1. The Morgan fingerprint density at radius 3 is 2.95 bits per heavy atom. The summed E-state index contributed by atoms with van der Waals surface area (Å²) in [6, 6.07) is 7.59. The third-order valence-corrected chi connectivity index (χ3v) is 3.53. The molecule has 2 atom stereocenters. The highest BCUT2D eigenvalue weighted by Gasteiger charge is 2.30. The van der Waals surface area contributed by atoms with E-state index in [9.17, 15) is 9.90 Å². The summed E-state index contributed by atoms with van der Waals surface area (Å²) in [5, 5.41) is 12.6. The van der Waals surface area contributed by atoms with Gasteiger partial charge in [-0.1, -0.05) is 12.1 Å². The van der Waals surface area contributed by atoms with Gasteiger partial charge < -0.3 is 15.8 Å². The molecule has 0 amide bonds. The molecule has 0 spiro atoms. The highest BCUT2D eigenvalue weighted by Crippen LogP contribution is 2.24. The van der Waals surface area contributed by atoms with E-state index in [4.69, 9.17) is 5.84 Å². The lowest BCUT2D eigenvalue weighted by atomic mass is 9.86. The monoisotopic (exact) mass is 285 g/mol. The fraction of sp³-hybridized carbons (Fsp3) is 0.462. The Kier molecular flexibility index (Phi) is 6.08. The zero-order valence-corrected chi connectivity index (χ0v) is 11.5. The number of rotatable bonds is 5. The standard InChI is InChI=1S/C13H19N3O2.ClH/c14-16-11-3-1-2-9(6-11)7-12(13(17)18)10-4-5-15-8-10;/h1-3,6,10,12,15-16H,4-5,7-8,14H2,(H,17,18);1H/t10-,12?;/m0./s1. The molecule has 1 unspecified atom stereocenters. The molecule has 0 saturated carbocycles. The van der Waals surface area contributed by atoms with Crippen LogP contribution in [0.1, 0.15) is 12.0 Å². The summed E-state index contributed by atoms with van der Waals surface area (Å²) in [4.78, 5) is 11.4. The van der Waals surface area contributed by atoms with Crippen molar-refractivity contribution in [1.29, 1.82) is 0 Å². The van der Waals surface area contributed by atoms with Gasteiger partial charge in [0.2, 0.25) is 0 Å². The van der Waals surface area contributed by atoms with Crippen molar-refractivity contribution in [3.8, 4) is 0 Å². The van der Waals surface area contributed by atoms with E-state index in [1.165, 1.54) is 0 Å². The van der Waals surface area contributed by atoms with E-state index in [0.717, 1.165) is 30.8 Å². The van der Waals surface area contributed by atoms with Crippen LogP contribution in [0.4, 0.5) is 5.69 Å². The van der Waals surface area contributed by atoms with Crippen LogP contribution in [-0.4, -0.2) is 24.2 Å². The maximum Gasteiger partial charge on any atom is 0.307 e. The molecule has 19 heavy (non-hydrogen) atoms. The van der Waals surface area contributed by atoms with E-state index in [1.54, 1.807) is 0 Å². The number of nitrogen functional groups attached to an aromatic ring is 1. The van der Waals surface area contributed by atoms with Crippen LogP contribution in [0.25, 0.3) is 0 Å². The van der Waals surface area contributed by atoms with Crippen LogP contribution in [0, 0.1) is 11.8 Å². The summed E-state index contributed by atoms with van der Waals surface area (Å²) in [6.45, 7) is 1.71. The Morgan fingerprint density at radius 1 is 1.58 bits per heavy atom. The summed E-state index contributed by atoms with van der Waals surface area (Å²) in [5.41, 5.74) is 4.39. The topological polar surface area (TPSA) is 87.4 Å². The van der Waals surface area contributed by atoms with Gasteiger partial charge in [0, 0.05) is 5.69 Å². The fourth-order valence-corrected chi connectivity index (χ4v) is 2.52. The van der Waals surface area contributed by atoms with Crippen LogP contribution in [0.15, 0.2) is 24.3 Å². The molecule has 1 aromatic rings. The Balaban J connectivity index is 0.00000180. The number of nitrogens with one attached hydrogen (secondary N) is 2. The van der Waals surface area contributed by atoms with Crippen LogP contribution in [0.5, 0.6) is 0 Å². The number of carbonyl (C=O) groups is 1. The molecule has 1 aromatic carbocycles. The molecule has 1 saturated heterocycles. The molecule has 5 nitrogen and oxygen atoms in total. The van der Waals surface area contributed by atoms with E-state index in [2.05, 4.69) is 10.7 Å². The first-order valence-electron chi connectivity index (χ1n) is 6.20. The number of benzene rings is 1. The van der Waals surface area contributed by atoms with E-state index < -0.39 is 5.97 Å². The fourth-order valence-electron chi connectivity index (χ4n) is 2.52. The second-order valence-electron chi connectivity index (χ2n) is 4.75. The predicted molar refractivity (Wildman–Crippen MR) is 77.3 cm³/mol. The number of hydrogen-bond donors (Lipinski definition) is 4. The lowest BCUT2D eigenvalue weighted by Gasteiger charge is -2.18. The minimum absolute atomic E-state index is 0. The molecule has 5 N–H and O–H groups in total. The lowest BCUT2D eigenvalue weighted by Crippen LogP contribution is -2.27. The summed E-state index contributed by atoms with van der Waals surface area (Å²) in [6.07, 6.45) is 1.49. The smallest absolute Gasteiger partial charge is 0.307 e. The molecule has 1 heterocycles. The number of halogens is 1. The van der Waals surface area contributed by atoms with Gasteiger partial charge in [0.15, 0.2) is 0 Å². The van der Waals surface area contributed by atoms with Gasteiger partial charge >= 0.3 is 5.97 Å². The average Bonchev–Trinajstić information content (AvgIpc) is 2.89. The second-order valence-corrected chi connectivity index (χ2v) is 4.75. The number of carboxylic acids is 1. The first kappa shape index (κ1) is 15.8. The van der Waals surface area contributed by atoms with Gasteiger partial charge in [-0.25, -0.2) is 0 Å². The van der Waals surface area contributed by atoms with Crippen molar-refractivity contribution in [3.63, 3.8) is 0 Å². The number of hydrogen-bond acceptors (Lipinski definition) is 4. The molecule has 0 aromatic heterocycles. The van der Waals surface area contributed by atoms with E-state index >= 15 is 0 Å². The molecule has 0 bridgehead atoms. The van der Waals surface area contributed by atoms with Crippen molar-refractivity contribution in [2.45, 2.75) is 12.8 Å². The lowest BCUT2D eigenvalue weighted by molar-refractivity contribution is -0.143. The maximum absolute atomic E-state index is 11.4. The van der Waals surface area contributed by atoms with Gasteiger partial charge in [-0.15, -0.1) is 12.4 Å². The Hall–Kier alpha value is -1.30. The third-order valence-electron chi connectivity index (χ3n) is 3.53. The van der Waals surface area contributed by atoms with E-state index in [-0.39, 0.29) is 24.2 Å². The summed E-state index contributed by atoms with van der Waals surface area (Å²) >= 11 is 0. The zero-order chi connectivity index (χ0) is 13.0. The van der Waals surface area contributed by atoms with Crippen molar-refractivity contribution in [3.05, 3.63) is 29.8 Å². The normalized spacial score (nSPS) is 19.5. The summed E-state index contributed by atoms with van der Waals surface area (Å²) in [7, 11) is 0. The van der Waals surface area contributed by atoms with Gasteiger partial charge in [0.25, 0.3) is 0 Å². The Labute approximate surface area is 118 Å². The molecule has 0 radical (unpaired) electrons. The maximum atomic E-state index is 11.4. The first-order valence-corrected chi connectivity index (χ1v) is 6.20. The first-order chi connectivity index (χ1) is 8.70. The molecule has 1 fully saturated rings. The third kappa shape index (κ3) is 4.09.